The highest BCUT2D eigenvalue weighted by molar-refractivity contribution is 7.80. The molecule has 2 N–H and O–H groups in total. The van der Waals surface area contributed by atoms with E-state index in [1.54, 1.807) is 0 Å². The van der Waals surface area contributed by atoms with Crippen LogP contribution in [-0.4, -0.2) is 11.6 Å². The SMILES string of the molecule is CCCCCOc1cc(C)ccc1C(N)=S. The standard InChI is InChI=1S/C13H19NOS/c1-3-4-5-8-15-12-9-10(2)6-7-11(12)13(14)16/h6-7,9H,3-5,8H2,1-2H3,(H2,14,16). The van der Waals surface area contributed by atoms with Gasteiger partial charge in [0.1, 0.15) is 10.7 Å². The number of unbranched alkanes of at least 4 members (excludes halogenated alkanes) is 2. The van der Waals surface area contributed by atoms with Crippen LogP contribution in [-0.2, 0) is 0 Å². The molecule has 16 heavy (non-hydrogen) atoms. The van der Waals surface area contributed by atoms with E-state index < -0.39 is 0 Å². The van der Waals surface area contributed by atoms with Gasteiger partial charge in [0.05, 0.1) is 12.2 Å². The van der Waals surface area contributed by atoms with Crippen molar-refractivity contribution in [2.45, 2.75) is 33.1 Å². The maximum atomic E-state index is 5.71. The average molecular weight is 237 g/mol. The van der Waals surface area contributed by atoms with E-state index in [1.807, 2.05) is 25.1 Å². The fourth-order valence-electron chi connectivity index (χ4n) is 1.49. The summed E-state index contributed by atoms with van der Waals surface area (Å²) in [5, 5.41) is 0. The Kier molecular flexibility index (Phi) is 5.26. The highest BCUT2D eigenvalue weighted by atomic mass is 32.1. The minimum Gasteiger partial charge on any atom is -0.493 e. The normalized spacial score (nSPS) is 10.1. The Morgan fingerprint density at radius 3 is 2.75 bits per heavy atom. The van der Waals surface area contributed by atoms with Crippen LogP contribution in [0.15, 0.2) is 18.2 Å². The molecule has 0 saturated carbocycles. The monoisotopic (exact) mass is 237 g/mol. The van der Waals surface area contributed by atoms with Crippen LogP contribution in [0.4, 0.5) is 0 Å². The van der Waals surface area contributed by atoms with Crippen LogP contribution in [0.25, 0.3) is 0 Å². The van der Waals surface area contributed by atoms with Crippen LogP contribution in [0.1, 0.15) is 37.3 Å². The molecule has 0 radical (unpaired) electrons. The van der Waals surface area contributed by atoms with E-state index in [0.717, 1.165) is 29.9 Å². The van der Waals surface area contributed by atoms with Crippen molar-refractivity contribution in [2.24, 2.45) is 5.73 Å². The summed E-state index contributed by atoms with van der Waals surface area (Å²) in [5.74, 6) is 0.809. The lowest BCUT2D eigenvalue weighted by atomic mass is 10.1. The molecule has 1 rings (SSSR count). The predicted octanol–water partition coefficient (Wildman–Crippen LogP) is 3.20. The van der Waals surface area contributed by atoms with Crippen molar-refractivity contribution in [3.63, 3.8) is 0 Å². The third-order valence-corrected chi connectivity index (χ3v) is 2.63. The predicted molar refractivity (Wildman–Crippen MR) is 72.1 cm³/mol. The zero-order chi connectivity index (χ0) is 12.0. The third kappa shape index (κ3) is 3.81. The Bertz CT molecular complexity index is 363. The van der Waals surface area contributed by atoms with Gasteiger partial charge in [0, 0.05) is 0 Å². The number of rotatable bonds is 6. The molecule has 0 amide bonds. The molecule has 88 valence electrons. The largest absolute Gasteiger partial charge is 0.493 e. The van der Waals surface area contributed by atoms with Gasteiger partial charge in [0.2, 0.25) is 0 Å². The van der Waals surface area contributed by atoms with Crippen LogP contribution in [0.2, 0.25) is 0 Å². The van der Waals surface area contributed by atoms with Gasteiger partial charge in [-0.1, -0.05) is 38.0 Å². The third-order valence-electron chi connectivity index (χ3n) is 2.41. The highest BCUT2D eigenvalue weighted by Crippen LogP contribution is 2.20. The number of hydrogen-bond acceptors (Lipinski definition) is 2. The Labute approximate surface area is 103 Å². The van der Waals surface area contributed by atoms with E-state index in [1.165, 1.54) is 12.8 Å². The number of hydrogen-bond donors (Lipinski definition) is 1. The molecule has 0 unspecified atom stereocenters. The average Bonchev–Trinajstić information content (AvgIpc) is 2.24. The lowest BCUT2D eigenvalue weighted by Crippen LogP contribution is -2.12. The molecule has 0 aliphatic carbocycles. The number of aryl methyl sites for hydroxylation is 1. The molecular weight excluding hydrogens is 218 g/mol. The Hall–Kier alpha value is -1.09. The van der Waals surface area contributed by atoms with Crippen molar-refractivity contribution < 1.29 is 4.74 Å². The summed E-state index contributed by atoms with van der Waals surface area (Å²) in [6.45, 7) is 4.93. The van der Waals surface area contributed by atoms with Crippen LogP contribution in [0.3, 0.4) is 0 Å². The van der Waals surface area contributed by atoms with E-state index in [-0.39, 0.29) is 0 Å². The summed E-state index contributed by atoms with van der Waals surface area (Å²) in [6, 6.07) is 5.90. The molecule has 0 spiro atoms. The second-order valence-corrected chi connectivity index (χ2v) is 4.36. The second-order valence-electron chi connectivity index (χ2n) is 3.92. The van der Waals surface area contributed by atoms with Crippen LogP contribution in [0, 0.1) is 6.92 Å². The van der Waals surface area contributed by atoms with Gasteiger partial charge in [-0.25, -0.2) is 0 Å². The molecule has 1 aromatic rings. The molecule has 0 fully saturated rings. The smallest absolute Gasteiger partial charge is 0.129 e. The summed E-state index contributed by atoms with van der Waals surface area (Å²) in [4.78, 5) is 0.394. The van der Waals surface area contributed by atoms with E-state index in [2.05, 4.69) is 6.92 Å². The first-order chi connectivity index (χ1) is 7.65. The van der Waals surface area contributed by atoms with Crippen molar-refractivity contribution in [3.05, 3.63) is 29.3 Å². The van der Waals surface area contributed by atoms with E-state index in [0.29, 0.717) is 4.99 Å². The van der Waals surface area contributed by atoms with Gasteiger partial charge in [-0.3, -0.25) is 0 Å². The van der Waals surface area contributed by atoms with Crippen molar-refractivity contribution in [1.82, 2.24) is 0 Å². The summed E-state index contributed by atoms with van der Waals surface area (Å²) in [7, 11) is 0. The van der Waals surface area contributed by atoms with Gasteiger partial charge in [0.25, 0.3) is 0 Å². The maximum Gasteiger partial charge on any atom is 0.129 e. The van der Waals surface area contributed by atoms with Crippen molar-refractivity contribution in [3.8, 4) is 5.75 Å². The summed E-state index contributed by atoms with van der Waals surface area (Å²) in [5.41, 5.74) is 7.63. The molecule has 0 aliphatic rings. The minimum atomic E-state index is 0.394. The molecule has 0 bridgehead atoms. The quantitative estimate of drug-likeness (QED) is 0.609. The Morgan fingerprint density at radius 2 is 2.12 bits per heavy atom. The molecule has 0 aromatic heterocycles. The molecule has 0 heterocycles. The number of thiocarbonyl (C=S) groups is 1. The van der Waals surface area contributed by atoms with Gasteiger partial charge in [-0.05, 0) is 31.0 Å². The van der Waals surface area contributed by atoms with Crippen molar-refractivity contribution in [1.29, 1.82) is 0 Å². The van der Waals surface area contributed by atoms with Crippen LogP contribution < -0.4 is 10.5 Å². The summed E-state index contributed by atoms with van der Waals surface area (Å²) in [6.07, 6.45) is 3.45. The molecule has 2 nitrogen and oxygen atoms in total. The Balaban J connectivity index is 2.68. The number of nitrogens with two attached hydrogens (primary N) is 1. The van der Waals surface area contributed by atoms with Crippen molar-refractivity contribution in [2.75, 3.05) is 6.61 Å². The van der Waals surface area contributed by atoms with Gasteiger partial charge in [0.15, 0.2) is 0 Å². The molecule has 3 heteroatoms. The topological polar surface area (TPSA) is 35.2 Å². The van der Waals surface area contributed by atoms with Gasteiger partial charge >= 0.3 is 0 Å². The first kappa shape index (κ1) is 13.0. The van der Waals surface area contributed by atoms with Crippen LogP contribution >= 0.6 is 12.2 Å². The highest BCUT2D eigenvalue weighted by Gasteiger charge is 2.06. The van der Waals surface area contributed by atoms with Gasteiger partial charge in [-0.15, -0.1) is 0 Å². The summed E-state index contributed by atoms with van der Waals surface area (Å²) < 4.78 is 5.71. The lowest BCUT2D eigenvalue weighted by Gasteiger charge is -2.11. The van der Waals surface area contributed by atoms with Gasteiger partial charge in [-0.2, -0.15) is 0 Å². The van der Waals surface area contributed by atoms with Crippen LogP contribution in [0.5, 0.6) is 5.75 Å². The van der Waals surface area contributed by atoms with E-state index >= 15 is 0 Å². The maximum absolute atomic E-state index is 5.71. The number of benzene rings is 1. The second kappa shape index (κ2) is 6.48. The fourth-order valence-corrected chi connectivity index (χ4v) is 1.66. The molecule has 1 aromatic carbocycles. The van der Waals surface area contributed by atoms with E-state index in [9.17, 15) is 0 Å². The number of ether oxygens (including phenoxy) is 1. The Morgan fingerprint density at radius 1 is 1.38 bits per heavy atom. The lowest BCUT2D eigenvalue weighted by molar-refractivity contribution is 0.305. The summed E-state index contributed by atoms with van der Waals surface area (Å²) >= 11 is 4.99. The van der Waals surface area contributed by atoms with Crippen molar-refractivity contribution >= 4 is 17.2 Å². The zero-order valence-electron chi connectivity index (χ0n) is 9.95. The molecule has 0 saturated heterocycles. The first-order valence-electron chi connectivity index (χ1n) is 5.68. The zero-order valence-corrected chi connectivity index (χ0v) is 10.8. The minimum absolute atomic E-state index is 0.394. The first-order valence-corrected chi connectivity index (χ1v) is 6.09. The molecule has 0 atom stereocenters. The molecular formula is C13H19NOS. The molecule has 0 aliphatic heterocycles. The van der Waals surface area contributed by atoms with Gasteiger partial charge < -0.3 is 10.5 Å². The van der Waals surface area contributed by atoms with E-state index in [4.69, 9.17) is 22.7 Å². The fraction of sp³-hybridized carbons (Fsp3) is 0.462.